The van der Waals surface area contributed by atoms with Gasteiger partial charge in [-0.2, -0.15) is 0 Å². The van der Waals surface area contributed by atoms with E-state index in [9.17, 15) is 19.8 Å². The molecule has 2 N–H and O–H groups in total. The van der Waals surface area contributed by atoms with E-state index in [0.717, 1.165) is 77.0 Å². The maximum atomic E-state index is 11.5. The summed E-state index contributed by atoms with van der Waals surface area (Å²) in [5, 5.41) is 18.9. The predicted molar refractivity (Wildman–Crippen MR) is 126 cm³/mol. The van der Waals surface area contributed by atoms with Crippen LogP contribution in [0.1, 0.15) is 142 Å². The zero-order chi connectivity index (χ0) is 22.5. The first-order valence-electron chi connectivity index (χ1n) is 13.0. The van der Waals surface area contributed by atoms with Crippen molar-refractivity contribution in [3.8, 4) is 0 Å². The van der Waals surface area contributed by atoms with E-state index in [-0.39, 0.29) is 11.8 Å². The molecule has 0 aromatic heterocycles. The molecule has 178 valence electrons. The van der Waals surface area contributed by atoms with Crippen LogP contribution in [0.25, 0.3) is 0 Å². The van der Waals surface area contributed by atoms with Gasteiger partial charge in [0, 0.05) is 0 Å². The Morgan fingerprint density at radius 3 is 0.933 bits per heavy atom. The molecule has 0 aromatic rings. The molecule has 2 atom stereocenters. The summed E-state index contributed by atoms with van der Waals surface area (Å²) < 4.78 is 0. The quantitative estimate of drug-likeness (QED) is 0.161. The molecule has 30 heavy (non-hydrogen) atoms. The van der Waals surface area contributed by atoms with E-state index in [1.807, 2.05) is 0 Å². The first-order chi connectivity index (χ1) is 14.5. The van der Waals surface area contributed by atoms with Gasteiger partial charge in [0.25, 0.3) is 0 Å². The molecule has 4 heteroatoms. The summed E-state index contributed by atoms with van der Waals surface area (Å²) in [5.74, 6) is -1.69. The average molecular weight is 427 g/mol. The first-order valence-corrected chi connectivity index (χ1v) is 13.0. The number of hydrogen-bond acceptors (Lipinski definition) is 2. The fourth-order valence-electron chi connectivity index (χ4n) is 4.26. The van der Waals surface area contributed by atoms with E-state index >= 15 is 0 Å². The molecule has 0 fully saturated rings. The molecule has 0 amide bonds. The number of rotatable bonds is 23. The molecule has 0 saturated carbocycles. The minimum atomic E-state index is -0.645. The molecule has 4 nitrogen and oxygen atoms in total. The molecule has 0 heterocycles. The van der Waals surface area contributed by atoms with E-state index in [1.54, 1.807) is 0 Å². The highest BCUT2D eigenvalue weighted by Crippen LogP contribution is 2.22. The SMILES string of the molecule is CCCCCCCCC(CCCCCCC(CCCCCCCC)C(=O)O)C(=O)O. The van der Waals surface area contributed by atoms with E-state index in [4.69, 9.17) is 0 Å². The highest BCUT2D eigenvalue weighted by Gasteiger charge is 2.18. The summed E-state index contributed by atoms with van der Waals surface area (Å²) in [6, 6.07) is 0. The number of aliphatic carboxylic acids is 2. The van der Waals surface area contributed by atoms with Crippen molar-refractivity contribution in [3.63, 3.8) is 0 Å². The van der Waals surface area contributed by atoms with Crippen LogP contribution in [0.4, 0.5) is 0 Å². The Labute approximate surface area is 186 Å². The third-order valence-corrected chi connectivity index (χ3v) is 6.37. The van der Waals surface area contributed by atoms with Crippen molar-refractivity contribution in [2.24, 2.45) is 11.8 Å². The lowest BCUT2D eigenvalue weighted by atomic mass is 9.92. The topological polar surface area (TPSA) is 74.6 Å². The van der Waals surface area contributed by atoms with Crippen LogP contribution < -0.4 is 0 Å². The number of carboxylic acids is 2. The fourth-order valence-corrected chi connectivity index (χ4v) is 4.26. The molecule has 0 aromatic carbocycles. The maximum absolute atomic E-state index is 11.5. The van der Waals surface area contributed by atoms with Gasteiger partial charge in [-0.25, -0.2) is 0 Å². The second kappa shape index (κ2) is 21.2. The summed E-state index contributed by atoms with van der Waals surface area (Å²) in [7, 11) is 0. The second-order valence-electron chi connectivity index (χ2n) is 9.17. The van der Waals surface area contributed by atoms with Gasteiger partial charge in [-0.05, 0) is 25.7 Å². The van der Waals surface area contributed by atoms with Crippen molar-refractivity contribution in [1.82, 2.24) is 0 Å². The minimum Gasteiger partial charge on any atom is -0.481 e. The van der Waals surface area contributed by atoms with Crippen molar-refractivity contribution in [2.75, 3.05) is 0 Å². The summed E-state index contributed by atoms with van der Waals surface area (Å²) in [6.07, 6.45) is 21.5. The Morgan fingerprint density at radius 1 is 0.467 bits per heavy atom. The zero-order valence-electron chi connectivity index (χ0n) is 20.0. The molecule has 0 aliphatic carbocycles. The minimum absolute atomic E-state index is 0.198. The third-order valence-electron chi connectivity index (χ3n) is 6.37. The second-order valence-corrected chi connectivity index (χ2v) is 9.17. The zero-order valence-corrected chi connectivity index (χ0v) is 20.0. The van der Waals surface area contributed by atoms with Crippen LogP contribution in [0, 0.1) is 11.8 Å². The first kappa shape index (κ1) is 28.9. The Kier molecular flexibility index (Phi) is 20.4. The van der Waals surface area contributed by atoms with Crippen LogP contribution in [0.15, 0.2) is 0 Å². The molecule has 0 rings (SSSR count). The Bertz CT molecular complexity index is 370. The molecular formula is C26H50O4. The predicted octanol–water partition coefficient (Wildman–Crippen LogP) is 8.23. The van der Waals surface area contributed by atoms with Crippen molar-refractivity contribution < 1.29 is 19.8 Å². The molecule has 0 aliphatic heterocycles. The smallest absolute Gasteiger partial charge is 0.306 e. The van der Waals surface area contributed by atoms with Gasteiger partial charge < -0.3 is 10.2 Å². The van der Waals surface area contributed by atoms with Gasteiger partial charge in [-0.1, -0.05) is 117 Å². The van der Waals surface area contributed by atoms with Crippen molar-refractivity contribution in [1.29, 1.82) is 0 Å². The Morgan fingerprint density at radius 2 is 0.700 bits per heavy atom. The van der Waals surface area contributed by atoms with Gasteiger partial charge in [0.2, 0.25) is 0 Å². The van der Waals surface area contributed by atoms with E-state index < -0.39 is 11.9 Å². The summed E-state index contributed by atoms with van der Waals surface area (Å²) in [5.41, 5.74) is 0. The molecule has 2 unspecified atom stereocenters. The van der Waals surface area contributed by atoms with Crippen LogP contribution in [-0.2, 0) is 9.59 Å². The third kappa shape index (κ3) is 17.8. The lowest BCUT2D eigenvalue weighted by Crippen LogP contribution is -2.14. The van der Waals surface area contributed by atoms with E-state index in [1.165, 1.54) is 51.4 Å². The molecule has 0 radical (unpaired) electrons. The van der Waals surface area contributed by atoms with Crippen molar-refractivity contribution >= 4 is 11.9 Å². The largest absolute Gasteiger partial charge is 0.481 e. The maximum Gasteiger partial charge on any atom is 0.306 e. The Balaban J connectivity index is 3.81. The van der Waals surface area contributed by atoms with Gasteiger partial charge in [-0.3, -0.25) is 9.59 Å². The number of carboxylic acid groups (broad SMARTS) is 2. The fraction of sp³-hybridized carbons (Fsp3) is 0.923. The van der Waals surface area contributed by atoms with Gasteiger partial charge in [0.1, 0.15) is 0 Å². The van der Waals surface area contributed by atoms with Gasteiger partial charge in [-0.15, -0.1) is 0 Å². The average Bonchev–Trinajstić information content (AvgIpc) is 2.71. The summed E-state index contributed by atoms with van der Waals surface area (Å²) >= 11 is 0. The Hall–Kier alpha value is -1.06. The van der Waals surface area contributed by atoms with Gasteiger partial charge in [0.05, 0.1) is 11.8 Å². The van der Waals surface area contributed by atoms with Crippen molar-refractivity contribution in [3.05, 3.63) is 0 Å². The molecule has 0 spiro atoms. The number of unbranched alkanes of at least 4 members (excludes halogenated alkanes) is 13. The van der Waals surface area contributed by atoms with Crippen LogP contribution in [0.2, 0.25) is 0 Å². The lowest BCUT2D eigenvalue weighted by Gasteiger charge is -2.13. The van der Waals surface area contributed by atoms with Crippen LogP contribution in [-0.4, -0.2) is 22.2 Å². The van der Waals surface area contributed by atoms with Crippen LogP contribution >= 0.6 is 0 Å². The molecule has 0 aliphatic rings. The lowest BCUT2D eigenvalue weighted by molar-refractivity contribution is -0.143. The van der Waals surface area contributed by atoms with E-state index in [0.29, 0.717) is 0 Å². The van der Waals surface area contributed by atoms with Crippen LogP contribution in [0.3, 0.4) is 0 Å². The standard InChI is InChI=1S/C26H50O4/c1-3-5-7-9-11-15-19-23(25(27)28)21-17-13-14-18-22-24(26(29)30)20-16-12-10-8-6-4-2/h23-24H,3-22H2,1-2H3,(H,27,28)(H,29,30). The number of carbonyl (C=O) groups is 2. The molecule has 0 bridgehead atoms. The summed E-state index contributed by atoms with van der Waals surface area (Å²) in [4.78, 5) is 22.9. The van der Waals surface area contributed by atoms with E-state index in [2.05, 4.69) is 13.8 Å². The van der Waals surface area contributed by atoms with Crippen molar-refractivity contribution in [2.45, 2.75) is 142 Å². The van der Waals surface area contributed by atoms with Crippen LogP contribution in [0.5, 0.6) is 0 Å². The molecule has 0 saturated heterocycles. The highest BCUT2D eigenvalue weighted by atomic mass is 16.4. The normalized spacial score (nSPS) is 13.3. The summed E-state index contributed by atoms with van der Waals surface area (Å²) in [6.45, 7) is 4.41. The number of hydrogen-bond donors (Lipinski definition) is 2. The highest BCUT2D eigenvalue weighted by molar-refractivity contribution is 5.70. The van der Waals surface area contributed by atoms with Gasteiger partial charge in [0.15, 0.2) is 0 Å². The monoisotopic (exact) mass is 426 g/mol. The molecular weight excluding hydrogens is 376 g/mol. The van der Waals surface area contributed by atoms with Gasteiger partial charge >= 0.3 is 11.9 Å².